The van der Waals surface area contributed by atoms with Gasteiger partial charge >= 0.3 is 12.1 Å². The van der Waals surface area contributed by atoms with Crippen LogP contribution in [0.15, 0.2) is 24.3 Å². The Labute approximate surface area is 156 Å². The highest BCUT2D eigenvalue weighted by molar-refractivity contribution is 6.21. The van der Waals surface area contributed by atoms with Crippen LogP contribution in [-0.4, -0.2) is 40.1 Å². The van der Waals surface area contributed by atoms with Crippen molar-refractivity contribution in [1.82, 2.24) is 10.4 Å². The summed E-state index contributed by atoms with van der Waals surface area (Å²) in [6.07, 6.45) is 1.34. The van der Waals surface area contributed by atoms with Crippen molar-refractivity contribution in [1.29, 1.82) is 0 Å². The van der Waals surface area contributed by atoms with Gasteiger partial charge in [-0.2, -0.15) is 0 Å². The van der Waals surface area contributed by atoms with E-state index in [1.54, 1.807) is 32.9 Å². The maximum absolute atomic E-state index is 12.8. The minimum atomic E-state index is -1.32. The first-order chi connectivity index (χ1) is 12.6. The summed E-state index contributed by atoms with van der Waals surface area (Å²) in [4.78, 5) is 54.9. The Morgan fingerprint density at radius 3 is 2.04 bits per heavy atom. The number of imide groups is 1. The van der Waals surface area contributed by atoms with E-state index in [9.17, 15) is 19.2 Å². The maximum atomic E-state index is 12.8. The van der Waals surface area contributed by atoms with Crippen LogP contribution in [0.2, 0.25) is 0 Å². The zero-order valence-electron chi connectivity index (χ0n) is 15.5. The molecular weight excluding hydrogens is 352 g/mol. The first-order valence-electron chi connectivity index (χ1n) is 8.84. The molecule has 0 spiro atoms. The molecule has 0 bridgehead atoms. The van der Waals surface area contributed by atoms with E-state index >= 15 is 0 Å². The van der Waals surface area contributed by atoms with Gasteiger partial charge in [0.2, 0.25) is 0 Å². The van der Waals surface area contributed by atoms with Crippen molar-refractivity contribution in [2.75, 3.05) is 0 Å². The molecule has 1 fully saturated rings. The molecule has 27 heavy (non-hydrogen) atoms. The summed E-state index contributed by atoms with van der Waals surface area (Å²) < 4.78 is 5.23. The molecule has 1 aliphatic carbocycles. The third kappa shape index (κ3) is 3.65. The summed E-state index contributed by atoms with van der Waals surface area (Å²) in [7, 11) is 0. The lowest BCUT2D eigenvalue weighted by molar-refractivity contribution is -0.176. The molecule has 0 saturated heterocycles. The van der Waals surface area contributed by atoms with Crippen molar-refractivity contribution in [2.24, 2.45) is 0 Å². The van der Waals surface area contributed by atoms with Crippen molar-refractivity contribution in [3.63, 3.8) is 0 Å². The van der Waals surface area contributed by atoms with Crippen LogP contribution >= 0.6 is 0 Å². The minimum Gasteiger partial charge on any atom is -0.444 e. The van der Waals surface area contributed by atoms with Gasteiger partial charge in [-0.15, -0.1) is 0 Å². The normalized spacial score (nSPS) is 18.3. The number of carbonyl (C=O) groups excluding carboxylic acids is 4. The molecule has 144 valence electrons. The smallest absolute Gasteiger partial charge is 0.408 e. The number of ether oxygens (including phenoxy) is 1. The largest absolute Gasteiger partial charge is 0.444 e. The number of alkyl carbamates (subject to hydrolysis) is 1. The molecule has 1 heterocycles. The fourth-order valence-electron chi connectivity index (χ4n) is 3.28. The van der Waals surface area contributed by atoms with E-state index in [-0.39, 0.29) is 11.1 Å². The fraction of sp³-hybridized carbons (Fsp3) is 0.474. The second kappa shape index (κ2) is 6.68. The molecule has 1 N–H and O–H groups in total. The summed E-state index contributed by atoms with van der Waals surface area (Å²) in [5, 5.41) is 3.05. The molecule has 0 radical (unpaired) electrons. The number of rotatable bonds is 3. The van der Waals surface area contributed by atoms with Crippen LogP contribution in [0.25, 0.3) is 0 Å². The Morgan fingerprint density at radius 2 is 1.56 bits per heavy atom. The van der Waals surface area contributed by atoms with Gasteiger partial charge in [-0.05, 0) is 45.7 Å². The van der Waals surface area contributed by atoms with Gasteiger partial charge in [0.25, 0.3) is 11.8 Å². The van der Waals surface area contributed by atoms with Gasteiger partial charge < -0.3 is 14.9 Å². The lowest BCUT2D eigenvalue weighted by Crippen LogP contribution is -2.56. The summed E-state index contributed by atoms with van der Waals surface area (Å²) >= 11 is 0. The van der Waals surface area contributed by atoms with Crippen molar-refractivity contribution in [3.05, 3.63) is 35.4 Å². The molecule has 2 aliphatic rings. The molecule has 1 saturated carbocycles. The summed E-state index contributed by atoms with van der Waals surface area (Å²) in [5.74, 6) is -2.25. The lowest BCUT2D eigenvalue weighted by atomic mass is 9.98. The molecule has 3 rings (SSSR count). The van der Waals surface area contributed by atoms with Crippen LogP contribution in [0.3, 0.4) is 0 Å². The van der Waals surface area contributed by atoms with E-state index in [2.05, 4.69) is 5.32 Å². The highest BCUT2D eigenvalue weighted by Crippen LogP contribution is 2.33. The van der Waals surface area contributed by atoms with E-state index < -0.39 is 35.0 Å². The maximum Gasteiger partial charge on any atom is 0.408 e. The van der Waals surface area contributed by atoms with Crippen LogP contribution in [0.4, 0.5) is 4.79 Å². The molecule has 0 atom stereocenters. The standard InChI is InChI=1S/C19H22N2O6/c1-18(2,3)26-17(25)20-19(10-6-7-11-19)16(24)27-21-14(22)12-8-4-5-9-13(12)15(21)23/h4-5,8-9H,6-7,10-11H2,1-3H3,(H,20,25). The summed E-state index contributed by atoms with van der Waals surface area (Å²) in [5.41, 5.74) is -1.69. The molecular formula is C19H22N2O6. The summed E-state index contributed by atoms with van der Waals surface area (Å²) in [6.45, 7) is 5.14. The number of hydrogen-bond acceptors (Lipinski definition) is 6. The second-order valence-corrected chi connectivity index (χ2v) is 7.75. The van der Waals surface area contributed by atoms with Gasteiger partial charge in [0, 0.05) is 0 Å². The van der Waals surface area contributed by atoms with Gasteiger partial charge in [0.1, 0.15) is 11.1 Å². The number of nitrogens with one attached hydrogen (secondary N) is 1. The molecule has 1 aromatic carbocycles. The van der Waals surface area contributed by atoms with E-state index in [4.69, 9.17) is 9.57 Å². The third-order valence-corrected chi connectivity index (χ3v) is 4.52. The predicted octanol–water partition coefficient (Wildman–Crippen LogP) is 2.58. The molecule has 8 heteroatoms. The van der Waals surface area contributed by atoms with Gasteiger partial charge in [0.05, 0.1) is 11.1 Å². The molecule has 0 aromatic heterocycles. The first-order valence-corrected chi connectivity index (χ1v) is 8.84. The average Bonchev–Trinajstić information content (AvgIpc) is 3.14. The molecule has 0 unspecified atom stereocenters. The van der Waals surface area contributed by atoms with Crippen molar-refractivity contribution in [2.45, 2.75) is 57.6 Å². The van der Waals surface area contributed by atoms with Crippen LogP contribution in [-0.2, 0) is 14.4 Å². The SMILES string of the molecule is CC(C)(C)OC(=O)NC1(C(=O)ON2C(=O)c3ccccc3C2=O)CCCC1. The zero-order valence-corrected chi connectivity index (χ0v) is 15.5. The van der Waals surface area contributed by atoms with Crippen molar-refractivity contribution < 1.29 is 28.8 Å². The Kier molecular flexibility index (Phi) is 4.67. The van der Waals surface area contributed by atoms with E-state index in [0.717, 1.165) is 0 Å². The van der Waals surface area contributed by atoms with Gasteiger partial charge in [-0.3, -0.25) is 9.59 Å². The molecule has 3 amide bonds. The first kappa shape index (κ1) is 18.9. The molecule has 8 nitrogen and oxygen atoms in total. The summed E-state index contributed by atoms with van der Waals surface area (Å²) in [6, 6.07) is 6.23. The Bertz CT molecular complexity index is 770. The molecule has 1 aromatic rings. The van der Waals surface area contributed by atoms with Gasteiger partial charge in [0.15, 0.2) is 0 Å². The van der Waals surface area contributed by atoms with Crippen LogP contribution in [0.1, 0.15) is 67.2 Å². The minimum absolute atomic E-state index is 0.177. The van der Waals surface area contributed by atoms with Crippen molar-refractivity contribution in [3.8, 4) is 0 Å². The van der Waals surface area contributed by atoms with Crippen LogP contribution in [0, 0.1) is 0 Å². The fourth-order valence-corrected chi connectivity index (χ4v) is 3.28. The predicted molar refractivity (Wildman–Crippen MR) is 93.6 cm³/mol. The quantitative estimate of drug-likeness (QED) is 0.816. The average molecular weight is 374 g/mol. The number of nitrogens with zero attached hydrogens (tertiary/aromatic N) is 1. The number of hydroxylamine groups is 2. The van der Waals surface area contributed by atoms with E-state index in [0.29, 0.717) is 30.7 Å². The topological polar surface area (TPSA) is 102 Å². The zero-order chi connectivity index (χ0) is 19.8. The van der Waals surface area contributed by atoms with Crippen LogP contribution < -0.4 is 5.32 Å². The third-order valence-electron chi connectivity index (χ3n) is 4.52. The van der Waals surface area contributed by atoms with Crippen LogP contribution in [0.5, 0.6) is 0 Å². The van der Waals surface area contributed by atoms with E-state index in [1.165, 1.54) is 12.1 Å². The number of amides is 3. The Morgan fingerprint density at radius 1 is 1.04 bits per heavy atom. The lowest BCUT2D eigenvalue weighted by Gasteiger charge is -2.30. The van der Waals surface area contributed by atoms with Gasteiger partial charge in [-0.1, -0.05) is 30.0 Å². The monoisotopic (exact) mass is 374 g/mol. The number of fused-ring (bicyclic) bond motifs is 1. The van der Waals surface area contributed by atoms with Gasteiger partial charge in [-0.25, -0.2) is 9.59 Å². The highest BCUT2D eigenvalue weighted by Gasteiger charge is 2.48. The van der Waals surface area contributed by atoms with E-state index in [1.807, 2.05) is 0 Å². The van der Waals surface area contributed by atoms with Crippen molar-refractivity contribution >= 4 is 23.9 Å². The number of benzene rings is 1. The second-order valence-electron chi connectivity index (χ2n) is 7.75. The molecule has 1 aliphatic heterocycles. The Hall–Kier alpha value is -2.90. The Balaban J connectivity index is 1.76. The highest BCUT2D eigenvalue weighted by atomic mass is 16.7. The number of hydrogen-bond donors (Lipinski definition) is 1. The number of carbonyl (C=O) groups is 4.